The lowest BCUT2D eigenvalue weighted by molar-refractivity contribution is -0.122. The summed E-state index contributed by atoms with van der Waals surface area (Å²) >= 11 is 3.33. The molecule has 2 aromatic carbocycles. The fourth-order valence-corrected chi connectivity index (χ4v) is 3.02. The van der Waals surface area contributed by atoms with Gasteiger partial charge in [0.2, 0.25) is 11.8 Å². The van der Waals surface area contributed by atoms with Gasteiger partial charge in [-0.2, -0.15) is 8.78 Å². The van der Waals surface area contributed by atoms with Crippen LogP contribution < -0.4 is 15.0 Å². The predicted octanol–water partition coefficient (Wildman–Crippen LogP) is 4.04. The third-order valence-corrected chi connectivity index (χ3v) is 4.52. The first-order valence-electron chi connectivity index (χ1n) is 7.84. The summed E-state index contributed by atoms with van der Waals surface area (Å²) in [7, 11) is 0. The third kappa shape index (κ3) is 4.19. The van der Waals surface area contributed by atoms with E-state index < -0.39 is 18.4 Å². The summed E-state index contributed by atoms with van der Waals surface area (Å²) in [5, 5.41) is 2.58. The van der Waals surface area contributed by atoms with E-state index in [1.807, 2.05) is 12.1 Å². The molecule has 1 heterocycles. The predicted molar refractivity (Wildman–Crippen MR) is 96.3 cm³/mol. The van der Waals surface area contributed by atoms with E-state index in [1.165, 1.54) is 23.1 Å². The molecule has 2 aromatic rings. The molecule has 3 rings (SSSR count). The minimum absolute atomic E-state index is 0.0553. The molecule has 1 saturated heterocycles. The molecule has 136 valence electrons. The maximum Gasteiger partial charge on any atom is 0.387 e. The Morgan fingerprint density at radius 2 is 1.88 bits per heavy atom. The van der Waals surface area contributed by atoms with Gasteiger partial charge in [-0.25, -0.2) is 0 Å². The zero-order valence-corrected chi connectivity index (χ0v) is 15.1. The van der Waals surface area contributed by atoms with Crippen LogP contribution in [-0.4, -0.2) is 25.0 Å². The third-order valence-electron chi connectivity index (χ3n) is 4.00. The number of rotatable bonds is 5. The fraction of sp³-hybridized carbons (Fsp3) is 0.222. The molecule has 0 aliphatic carbocycles. The van der Waals surface area contributed by atoms with E-state index in [1.54, 1.807) is 18.2 Å². The molecule has 0 aromatic heterocycles. The summed E-state index contributed by atoms with van der Waals surface area (Å²) in [6.07, 6.45) is 0.0553. The first-order valence-corrected chi connectivity index (χ1v) is 8.64. The Bertz CT molecular complexity index is 814. The Morgan fingerprint density at radius 3 is 2.58 bits per heavy atom. The summed E-state index contributed by atoms with van der Waals surface area (Å²) in [6.45, 7) is -2.77. The molecule has 0 radical (unpaired) electrons. The molecule has 2 amide bonds. The Hall–Kier alpha value is -2.48. The molecule has 1 atom stereocenters. The van der Waals surface area contributed by atoms with Crippen molar-refractivity contribution in [3.05, 3.63) is 53.0 Å². The number of carbonyl (C=O) groups is 2. The Morgan fingerprint density at radius 1 is 1.19 bits per heavy atom. The van der Waals surface area contributed by atoms with Gasteiger partial charge in [0.05, 0.1) is 11.6 Å². The van der Waals surface area contributed by atoms with Gasteiger partial charge >= 0.3 is 6.61 Å². The molecule has 0 saturated carbocycles. The van der Waals surface area contributed by atoms with Gasteiger partial charge in [0.15, 0.2) is 0 Å². The number of hydrogen-bond donors (Lipinski definition) is 1. The summed E-state index contributed by atoms with van der Waals surface area (Å²) < 4.78 is 30.2. The number of alkyl halides is 2. The van der Waals surface area contributed by atoms with Crippen molar-refractivity contribution in [1.29, 1.82) is 0 Å². The molecule has 5 nitrogen and oxygen atoms in total. The molecular weight excluding hydrogens is 410 g/mol. The van der Waals surface area contributed by atoms with Crippen LogP contribution >= 0.6 is 15.9 Å². The van der Waals surface area contributed by atoms with Crippen molar-refractivity contribution in [2.45, 2.75) is 13.0 Å². The molecule has 1 aliphatic rings. The maximum absolute atomic E-state index is 12.5. The van der Waals surface area contributed by atoms with Crippen LogP contribution in [0.25, 0.3) is 0 Å². The largest absolute Gasteiger partial charge is 0.433 e. The van der Waals surface area contributed by atoms with Crippen molar-refractivity contribution >= 4 is 39.1 Å². The quantitative estimate of drug-likeness (QED) is 0.787. The molecular formula is C18H15BrF2N2O3. The number of para-hydroxylation sites is 2. The second-order valence-corrected chi connectivity index (χ2v) is 6.66. The number of hydrogen-bond acceptors (Lipinski definition) is 3. The van der Waals surface area contributed by atoms with E-state index in [4.69, 9.17) is 0 Å². The van der Waals surface area contributed by atoms with Gasteiger partial charge in [-0.15, -0.1) is 0 Å². The zero-order chi connectivity index (χ0) is 18.7. The van der Waals surface area contributed by atoms with Gasteiger partial charge in [-0.1, -0.05) is 28.1 Å². The van der Waals surface area contributed by atoms with E-state index in [-0.39, 0.29) is 30.3 Å². The topological polar surface area (TPSA) is 58.6 Å². The number of carbonyl (C=O) groups excluding carboxylic acids is 2. The van der Waals surface area contributed by atoms with Gasteiger partial charge in [-0.05, 0) is 36.4 Å². The monoisotopic (exact) mass is 424 g/mol. The Kier molecular flexibility index (Phi) is 5.51. The number of anilines is 2. The molecule has 0 spiro atoms. The lowest BCUT2D eigenvalue weighted by Gasteiger charge is -2.17. The van der Waals surface area contributed by atoms with Crippen molar-refractivity contribution in [1.82, 2.24) is 0 Å². The average molecular weight is 425 g/mol. The number of nitrogens with zero attached hydrogens (tertiary/aromatic N) is 1. The number of halogens is 3. The minimum atomic E-state index is -2.99. The number of ether oxygens (including phenoxy) is 1. The van der Waals surface area contributed by atoms with E-state index in [9.17, 15) is 18.4 Å². The summed E-state index contributed by atoms with van der Waals surface area (Å²) in [4.78, 5) is 26.3. The summed E-state index contributed by atoms with van der Waals surface area (Å²) in [5.74, 6) is -1.27. The normalized spacial score (nSPS) is 16.8. The molecule has 8 heteroatoms. The van der Waals surface area contributed by atoms with Crippen LogP contribution in [0.5, 0.6) is 5.75 Å². The highest BCUT2D eigenvalue weighted by Gasteiger charge is 2.35. The van der Waals surface area contributed by atoms with Crippen LogP contribution in [0.1, 0.15) is 6.42 Å². The van der Waals surface area contributed by atoms with Crippen molar-refractivity contribution < 1.29 is 23.1 Å². The lowest BCUT2D eigenvalue weighted by atomic mass is 10.1. The SMILES string of the molecule is O=C(Nc1ccccc1OC(F)F)C1CC(=O)N(c2ccc(Br)cc2)C1. The minimum Gasteiger partial charge on any atom is -0.433 e. The van der Waals surface area contributed by atoms with E-state index in [2.05, 4.69) is 26.0 Å². The highest BCUT2D eigenvalue weighted by atomic mass is 79.9. The van der Waals surface area contributed by atoms with Gasteiger partial charge < -0.3 is 15.0 Å². The van der Waals surface area contributed by atoms with Gasteiger partial charge in [0.1, 0.15) is 5.75 Å². The molecule has 0 bridgehead atoms. The van der Waals surface area contributed by atoms with Crippen molar-refractivity contribution in [3.63, 3.8) is 0 Å². The van der Waals surface area contributed by atoms with Crippen LogP contribution in [0.15, 0.2) is 53.0 Å². The Balaban J connectivity index is 1.70. The molecule has 1 unspecified atom stereocenters. The molecule has 1 N–H and O–H groups in total. The molecule has 26 heavy (non-hydrogen) atoms. The van der Waals surface area contributed by atoms with Gasteiger partial charge in [0, 0.05) is 23.1 Å². The average Bonchev–Trinajstić information content (AvgIpc) is 2.99. The molecule has 1 aliphatic heterocycles. The fourth-order valence-electron chi connectivity index (χ4n) is 2.76. The van der Waals surface area contributed by atoms with Crippen molar-refractivity contribution in [2.75, 3.05) is 16.8 Å². The second kappa shape index (κ2) is 7.82. The summed E-state index contributed by atoms with van der Waals surface area (Å²) in [5.41, 5.74) is 0.849. The first-order chi connectivity index (χ1) is 12.4. The van der Waals surface area contributed by atoms with Crippen LogP contribution in [0.2, 0.25) is 0 Å². The van der Waals surface area contributed by atoms with Crippen LogP contribution in [0, 0.1) is 5.92 Å². The highest BCUT2D eigenvalue weighted by Crippen LogP contribution is 2.29. The van der Waals surface area contributed by atoms with Crippen LogP contribution in [0.3, 0.4) is 0 Å². The van der Waals surface area contributed by atoms with E-state index >= 15 is 0 Å². The molecule has 1 fully saturated rings. The van der Waals surface area contributed by atoms with Crippen molar-refractivity contribution in [2.24, 2.45) is 5.92 Å². The smallest absolute Gasteiger partial charge is 0.387 e. The van der Waals surface area contributed by atoms with Gasteiger partial charge in [0.25, 0.3) is 0 Å². The van der Waals surface area contributed by atoms with Gasteiger partial charge in [-0.3, -0.25) is 9.59 Å². The first kappa shape index (κ1) is 18.3. The number of benzene rings is 2. The highest BCUT2D eigenvalue weighted by molar-refractivity contribution is 9.10. The lowest BCUT2D eigenvalue weighted by Crippen LogP contribution is -2.28. The maximum atomic E-state index is 12.5. The van der Waals surface area contributed by atoms with Crippen LogP contribution in [0.4, 0.5) is 20.2 Å². The van der Waals surface area contributed by atoms with E-state index in [0.717, 1.165) is 4.47 Å². The second-order valence-electron chi connectivity index (χ2n) is 5.75. The van der Waals surface area contributed by atoms with Crippen molar-refractivity contribution in [3.8, 4) is 5.75 Å². The van der Waals surface area contributed by atoms with E-state index in [0.29, 0.717) is 5.69 Å². The zero-order valence-electron chi connectivity index (χ0n) is 13.5. The van der Waals surface area contributed by atoms with Crippen LogP contribution in [-0.2, 0) is 9.59 Å². The summed E-state index contributed by atoms with van der Waals surface area (Å²) in [6, 6.07) is 13.1. The number of amides is 2. The standard InChI is InChI=1S/C18H15BrF2N2O3/c19-12-5-7-13(8-6-12)23-10-11(9-16(23)24)17(25)22-14-3-1-2-4-15(14)26-18(20)21/h1-8,11,18H,9-10H2,(H,22,25). The number of nitrogens with one attached hydrogen (secondary N) is 1. The Labute approximate surface area is 157 Å².